The highest BCUT2D eigenvalue weighted by Gasteiger charge is 2.23. The van der Waals surface area contributed by atoms with Gasteiger partial charge in [-0.2, -0.15) is 0 Å². The van der Waals surface area contributed by atoms with Gasteiger partial charge in [-0.25, -0.2) is 14.2 Å². The molecule has 0 saturated heterocycles. The van der Waals surface area contributed by atoms with Gasteiger partial charge >= 0.3 is 5.97 Å². The number of fused-ring (bicyclic) bond motifs is 1. The molecule has 0 spiro atoms. The maximum atomic E-state index is 12.7. The lowest BCUT2D eigenvalue weighted by atomic mass is 9.99. The Bertz CT molecular complexity index is 390. The van der Waals surface area contributed by atoms with Gasteiger partial charge in [0.25, 0.3) is 0 Å². The van der Waals surface area contributed by atoms with E-state index in [9.17, 15) is 9.18 Å². The molecule has 3 nitrogen and oxygen atoms in total. The van der Waals surface area contributed by atoms with Crippen molar-refractivity contribution in [3.63, 3.8) is 0 Å². The van der Waals surface area contributed by atoms with Crippen LogP contribution in [0, 0.1) is 5.92 Å². The van der Waals surface area contributed by atoms with Gasteiger partial charge in [-0.1, -0.05) is 6.08 Å². The van der Waals surface area contributed by atoms with E-state index in [-0.39, 0.29) is 11.6 Å². The summed E-state index contributed by atoms with van der Waals surface area (Å²) >= 11 is 0. The van der Waals surface area contributed by atoms with E-state index in [0.717, 1.165) is 0 Å². The number of carboxylic acids is 1. The molecule has 4 heteroatoms. The van der Waals surface area contributed by atoms with Crippen LogP contribution in [0.4, 0.5) is 4.39 Å². The van der Waals surface area contributed by atoms with Gasteiger partial charge in [0.05, 0.1) is 5.71 Å². The Balaban J connectivity index is 2.36. The molecule has 0 saturated carbocycles. The quantitative estimate of drug-likeness (QED) is 0.662. The van der Waals surface area contributed by atoms with Crippen molar-refractivity contribution < 1.29 is 14.3 Å². The maximum absolute atomic E-state index is 12.7. The third kappa shape index (κ3) is 1.30. The van der Waals surface area contributed by atoms with Crippen molar-refractivity contribution in [2.24, 2.45) is 10.9 Å². The average Bonchev–Trinajstić information content (AvgIpc) is 2.46. The standard InChI is InChI=1S/C9H6FNO2/c10-6-2-1-5-3-8(9(12)13)11-7(5)4-6/h1-5H,(H,12,13)/t5-/m0/s1. The van der Waals surface area contributed by atoms with Gasteiger partial charge in [-0.3, -0.25) is 0 Å². The molecule has 13 heavy (non-hydrogen) atoms. The number of halogens is 1. The molecule has 1 aliphatic carbocycles. The minimum atomic E-state index is -1.08. The van der Waals surface area contributed by atoms with Crippen molar-refractivity contribution in [3.05, 3.63) is 35.8 Å². The Morgan fingerprint density at radius 2 is 2.38 bits per heavy atom. The van der Waals surface area contributed by atoms with Crippen LogP contribution in [0.1, 0.15) is 0 Å². The molecule has 1 heterocycles. The molecule has 2 aliphatic rings. The molecular formula is C9H6FNO2. The smallest absolute Gasteiger partial charge is 0.354 e. The largest absolute Gasteiger partial charge is 0.477 e. The molecule has 0 aromatic heterocycles. The van der Waals surface area contributed by atoms with E-state index in [1.807, 2.05) is 0 Å². The monoisotopic (exact) mass is 179 g/mol. The van der Waals surface area contributed by atoms with Crippen LogP contribution < -0.4 is 0 Å². The van der Waals surface area contributed by atoms with Crippen LogP contribution in [-0.2, 0) is 4.79 Å². The molecule has 1 atom stereocenters. The van der Waals surface area contributed by atoms with E-state index < -0.39 is 11.8 Å². The van der Waals surface area contributed by atoms with Crippen molar-refractivity contribution >= 4 is 11.7 Å². The first kappa shape index (κ1) is 7.91. The summed E-state index contributed by atoms with van der Waals surface area (Å²) in [5.74, 6) is -1.65. The summed E-state index contributed by atoms with van der Waals surface area (Å²) in [7, 11) is 0. The van der Waals surface area contributed by atoms with Crippen molar-refractivity contribution in [2.75, 3.05) is 0 Å². The van der Waals surface area contributed by atoms with Gasteiger partial charge < -0.3 is 5.11 Å². The highest BCUT2D eigenvalue weighted by atomic mass is 19.1. The molecule has 2 rings (SSSR count). The molecule has 1 N–H and O–H groups in total. The number of nitrogens with zero attached hydrogens (tertiary/aromatic N) is 1. The second-order valence-corrected chi connectivity index (χ2v) is 2.81. The fourth-order valence-corrected chi connectivity index (χ4v) is 1.29. The number of aliphatic carboxylic acids is 1. The molecule has 1 aliphatic heterocycles. The van der Waals surface area contributed by atoms with E-state index in [2.05, 4.69) is 4.99 Å². The van der Waals surface area contributed by atoms with Crippen LogP contribution in [0.25, 0.3) is 0 Å². The summed E-state index contributed by atoms with van der Waals surface area (Å²) in [6, 6.07) is 0. The minimum absolute atomic E-state index is 0.0180. The van der Waals surface area contributed by atoms with Crippen LogP contribution in [0.5, 0.6) is 0 Å². The Morgan fingerprint density at radius 1 is 1.62 bits per heavy atom. The molecule has 0 aromatic rings. The Labute approximate surface area is 73.6 Å². The fourth-order valence-electron chi connectivity index (χ4n) is 1.29. The number of aliphatic imine (C=N–C) groups is 1. The normalized spacial score (nSPS) is 24.7. The summed E-state index contributed by atoms with van der Waals surface area (Å²) in [4.78, 5) is 14.3. The van der Waals surface area contributed by atoms with E-state index in [0.29, 0.717) is 5.71 Å². The number of hydrogen-bond acceptors (Lipinski definition) is 2. The topological polar surface area (TPSA) is 49.7 Å². The molecular weight excluding hydrogens is 173 g/mol. The molecule has 0 unspecified atom stereocenters. The second-order valence-electron chi connectivity index (χ2n) is 2.81. The molecule has 66 valence electrons. The molecule has 0 radical (unpaired) electrons. The minimum Gasteiger partial charge on any atom is -0.477 e. The number of carbonyl (C=O) groups is 1. The maximum Gasteiger partial charge on any atom is 0.354 e. The zero-order valence-electron chi connectivity index (χ0n) is 6.57. The van der Waals surface area contributed by atoms with Crippen LogP contribution in [-0.4, -0.2) is 16.8 Å². The first-order chi connectivity index (χ1) is 6.16. The lowest BCUT2D eigenvalue weighted by Gasteiger charge is -2.05. The summed E-state index contributed by atoms with van der Waals surface area (Å²) < 4.78 is 12.7. The van der Waals surface area contributed by atoms with Gasteiger partial charge in [-0.05, 0) is 18.2 Å². The second kappa shape index (κ2) is 2.65. The number of allylic oxidation sites excluding steroid dienone is 5. The van der Waals surface area contributed by atoms with Crippen molar-refractivity contribution in [2.45, 2.75) is 0 Å². The van der Waals surface area contributed by atoms with Crippen LogP contribution in [0.3, 0.4) is 0 Å². The third-order valence-corrected chi connectivity index (χ3v) is 1.90. The van der Waals surface area contributed by atoms with E-state index in [1.165, 1.54) is 18.2 Å². The van der Waals surface area contributed by atoms with E-state index in [1.54, 1.807) is 6.08 Å². The predicted molar refractivity (Wildman–Crippen MR) is 45.0 cm³/mol. The van der Waals surface area contributed by atoms with Crippen LogP contribution >= 0.6 is 0 Å². The summed E-state index contributed by atoms with van der Waals surface area (Å²) in [6.07, 6.45) is 5.64. The van der Waals surface area contributed by atoms with Crippen molar-refractivity contribution in [3.8, 4) is 0 Å². The highest BCUT2D eigenvalue weighted by Crippen LogP contribution is 2.24. The molecule has 0 amide bonds. The first-order valence-electron chi connectivity index (χ1n) is 3.76. The number of rotatable bonds is 1. The third-order valence-electron chi connectivity index (χ3n) is 1.90. The highest BCUT2D eigenvalue weighted by molar-refractivity contribution is 6.07. The summed E-state index contributed by atoms with van der Waals surface area (Å²) in [5.41, 5.74) is 0.438. The average molecular weight is 179 g/mol. The van der Waals surface area contributed by atoms with Gasteiger partial charge in [0.1, 0.15) is 11.5 Å². The van der Waals surface area contributed by atoms with E-state index >= 15 is 0 Å². The first-order valence-corrected chi connectivity index (χ1v) is 3.76. The number of carboxylic acid groups (broad SMARTS) is 1. The van der Waals surface area contributed by atoms with Crippen molar-refractivity contribution in [1.29, 1.82) is 0 Å². The van der Waals surface area contributed by atoms with Gasteiger partial charge in [0.15, 0.2) is 0 Å². The van der Waals surface area contributed by atoms with Crippen molar-refractivity contribution in [1.82, 2.24) is 0 Å². The van der Waals surface area contributed by atoms with Crippen LogP contribution in [0.2, 0.25) is 0 Å². The summed E-state index contributed by atoms with van der Waals surface area (Å²) in [6.45, 7) is 0. The lowest BCUT2D eigenvalue weighted by Crippen LogP contribution is -2.06. The number of hydrogen-bond donors (Lipinski definition) is 1. The zero-order valence-corrected chi connectivity index (χ0v) is 6.57. The molecule has 0 bridgehead atoms. The van der Waals surface area contributed by atoms with Gasteiger partial charge in [0.2, 0.25) is 0 Å². The molecule has 0 aromatic carbocycles. The van der Waals surface area contributed by atoms with E-state index in [4.69, 9.17) is 5.11 Å². The van der Waals surface area contributed by atoms with Gasteiger partial charge in [0, 0.05) is 5.92 Å². The lowest BCUT2D eigenvalue weighted by molar-refractivity contribution is -0.132. The summed E-state index contributed by atoms with van der Waals surface area (Å²) in [5, 5.41) is 8.61. The predicted octanol–water partition coefficient (Wildman–Crippen LogP) is 1.45. The Hall–Kier alpha value is -1.71. The Morgan fingerprint density at radius 3 is 3.08 bits per heavy atom. The van der Waals surface area contributed by atoms with Crippen LogP contribution in [0.15, 0.2) is 40.8 Å². The molecule has 0 fully saturated rings. The van der Waals surface area contributed by atoms with Gasteiger partial charge in [-0.15, -0.1) is 0 Å². The fraction of sp³-hybridized carbons (Fsp3) is 0.111. The Kier molecular flexibility index (Phi) is 1.62. The SMILES string of the molecule is O=C(O)C1=C[C@@H]2C=CC(F)=CC2=N1. The zero-order chi connectivity index (χ0) is 9.42.